The minimum absolute atomic E-state index is 0.176. The van der Waals surface area contributed by atoms with Gasteiger partial charge < -0.3 is 25.0 Å². The van der Waals surface area contributed by atoms with Gasteiger partial charge in [0, 0.05) is 12.0 Å². The largest absolute Gasteiger partial charge is 0.468 e. The molecule has 9 heteroatoms. The van der Waals surface area contributed by atoms with Crippen LogP contribution in [0, 0.1) is 6.92 Å². The molecule has 9 nitrogen and oxygen atoms in total. The molecule has 2 unspecified atom stereocenters. The van der Waals surface area contributed by atoms with Gasteiger partial charge in [0.15, 0.2) is 0 Å². The van der Waals surface area contributed by atoms with Crippen molar-refractivity contribution in [1.82, 2.24) is 15.5 Å². The average molecular weight is 540 g/mol. The van der Waals surface area contributed by atoms with Crippen LogP contribution in [0.4, 0.5) is 4.79 Å². The van der Waals surface area contributed by atoms with Crippen LogP contribution < -0.4 is 10.6 Å². The number of benzene rings is 2. The van der Waals surface area contributed by atoms with E-state index in [1.165, 1.54) is 12.0 Å². The molecule has 39 heavy (non-hydrogen) atoms. The normalized spacial score (nSPS) is 13.0. The Morgan fingerprint density at radius 1 is 0.897 bits per heavy atom. The number of alkyl carbamates (subject to hydrolysis) is 1. The minimum Gasteiger partial charge on any atom is -0.468 e. The van der Waals surface area contributed by atoms with Gasteiger partial charge in [0.2, 0.25) is 11.8 Å². The summed E-state index contributed by atoms with van der Waals surface area (Å²) < 4.78 is 10.1. The molecule has 0 aliphatic carbocycles. The van der Waals surface area contributed by atoms with Crippen LogP contribution in [0.3, 0.4) is 0 Å². The number of hydrogen-bond donors (Lipinski definition) is 2. The highest BCUT2D eigenvalue weighted by Gasteiger charge is 2.42. The predicted octanol–water partition coefficient (Wildman–Crippen LogP) is 4.09. The minimum atomic E-state index is -1.10. The number of aryl methyl sites for hydroxylation is 1. The Labute approximate surface area is 231 Å². The highest BCUT2D eigenvalue weighted by Crippen LogP contribution is 2.32. The van der Waals surface area contributed by atoms with Gasteiger partial charge in [0.1, 0.15) is 24.2 Å². The molecule has 2 atom stereocenters. The predicted molar refractivity (Wildman–Crippen MR) is 149 cm³/mol. The molecule has 0 spiro atoms. The first-order chi connectivity index (χ1) is 18.1. The Balaban J connectivity index is 2.60. The lowest BCUT2D eigenvalue weighted by molar-refractivity contribution is -0.149. The van der Waals surface area contributed by atoms with Crippen molar-refractivity contribution in [1.29, 1.82) is 0 Å². The molecule has 0 aromatic heterocycles. The molecule has 0 saturated heterocycles. The summed E-state index contributed by atoms with van der Waals surface area (Å²) in [5, 5.41) is 5.34. The van der Waals surface area contributed by atoms with Crippen LogP contribution in [0.5, 0.6) is 0 Å². The molecule has 2 rings (SSSR count). The van der Waals surface area contributed by atoms with Gasteiger partial charge in [-0.15, -0.1) is 0 Å². The molecular weight excluding hydrogens is 498 g/mol. The zero-order chi connectivity index (χ0) is 29.4. The molecule has 0 bridgehead atoms. The number of esters is 1. The van der Waals surface area contributed by atoms with E-state index in [2.05, 4.69) is 15.4 Å². The van der Waals surface area contributed by atoms with Gasteiger partial charge in [-0.05, 0) is 65.2 Å². The first-order valence-electron chi connectivity index (χ1n) is 12.9. The van der Waals surface area contributed by atoms with Crippen LogP contribution >= 0.6 is 0 Å². The summed E-state index contributed by atoms with van der Waals surface area (Å²) in [6.07, 6.45) is -0.566. The monoisotopic (exact) mass is 539 g/mol. The van der Waals surface area contributed by atoms with Crippen LogP contribution in [0.25, 0.3) is 0 Å². The fraction of sp³-hybridized carbons (Fsp3) is 0.467. The third kappa shape index (κ3) is 9.42. The van der Waals surface area contributed by atoms with E-state index in [1.807, 2.05) is 70.2 Å². The van der Waals surface area contributed by atoms with Crippen molar-refractivity contribution < 1.29 is 28.7 Å². The standard InChI is InChI=1S/C30H41N3O6/c1-20-14-12-13-17-22(20)25(26(35)31-19-24(34)38-8)33(29(2,3)4)27(36)23(18-21-15-10-9-11-16-21)32-28(37)39-30(5,6)7/h9-17,23,25H,18-19H2,1-8H3,(H,31,35)(H,32,37). The van der Waals surface area contributed by atoms with Crippen molar-refractivity contribution in [2.45, 2.75) is 78.1 Å². The molecule has 0 heterocycles. The van der Waals surface area contributed by atoms with Gasteiger partial charge in [-0.25, -0.2) is 4.79 Å². The molecule has 2 aromatic rings. The Bertz CT molecular complexity index is 1150. The van der Waals surface area contributed by atoms with Crippen LogP contribution in [0.1, 0.15) is 64.3 Å². The summed E-state index contributed by atoms with van der Waals surface area (Å²) in [6.45, 7) is 12.2. The van der Waals surface area contributed by atoms with Crippen molar-refractivity contribution in [3.05, 3.63) is 71.3 Å². The van der Waals surface area contributed by atoms with Crippen molar-refractivity contribution >= 4 is 23.9 Å². The van der Waals surface area contributed by atoms with E-state index in [9.17, 15) is 19.2 Å². The smallest absolute Gasteiger partial charge is 0.408 e. The van der Waals surface area contributed by atoms with Gasteiger partial charge in [-0.2, -0.15) is 0 Å². The average Bonchev–Trinajstić information content (AvgIpc) is 2.84. The molecule has 3 amide bonds. The summed E-state index contributed by atoms with van der Waals surface area (Å²) in [5.74, 6) is -1.64. The topological polar surface area (TPSA) is 114 Å². The van der Waals surface area contributed by atoms with Gasteiger partial charge in [-0.3, -0.25) is 14.4 Å². The first-order valence-corrected chi connectivity index (χ1v) is 12.9. The number of ether oxygens (including phenoxy) is 2. The molecule has 2 N–H and O–H groups in total. The van der Waals surface area contributed by atoms with Crippen LogP contribution in [0.15, 0.2) is 54.6 Å². The molecule has 0 fully saturated rings. The number of methoxy groups -OCH3 is 1. The highest BCUT2D eigenvalue weighted by atomic mass is 16.6. The van der Waals surface area contributed by atoms with E-state index in [0.717, 1.165) is 11.1 Å². The number of nitrogens with zero attached hydrogens (tertiary/aromatic N) is 1. The maximum atomic E-state index is 14.4. The number of carbonyl (C=O) groups is 4. The summed E-state index contributed by atoms with van der Waals surface area (Å²) in [4.78, 5) is 54.2. The summed E-state index contributed by atoms with van der Waals surface area (Å²) in [5.41, 5.74) is 0.572. The number of hydrogen-bond acceptors (Lipinski definition) is 6. The van der Waals surface area contributed by atoms with Crippen molar-refractivity contribution in [2.75, 3.05) is 13.7 Å². The van der Waals surface area contributed by atoms with E-state index in [0.29, 0.717) is 5.56 Å². The Morgan fingerprint density at radius 3 is 2.03 bits per heavy atom. The molecular formula is C30H41N3O6. The second kappa shape index (κ2) is 13.3. The van der Waals surface area contributed by atoms with E-state index in [4.69, 9.17) is 4.74 Å². The molecule has 0 saturated carbocycles. The fourth-order valence-electron chi connectivity index (χ4n) is 4.13. The van der Waals surface area contributed by atoms with E-state index < -0.39 is 47.1 Å². The molecule has 0 radical (unpaired) electrons. The van der Waals surface area contributed by atoms with Crippen molar-refractivity contribution in [3.8, 4) is 0 Å². The number of carbonyl (C=O) groups excluding carboxylic acids is 4. The van der Waals surface area contributed by atoms with Crippen LogP contribution in [-0.2, 0) is 30.3 Å². The summed E-state index contributed by atoms with van der Waals surface area (Å²) in [6, 6.07) is 14.4. The van der Waals surface area contributed by atoms with E-state index in [-0.39, 0.29) is 13.0 Å². The number of amides is 3. The van der Waals surface area contributed by atoms with E-state index in [1.54, 1.807) is 32.9 Å². The second-order valence-electron chi connectivity index (χ2n) is 11.3. The quantitative estimate of drug-likeness (QED) is 0.464. The number of nitrogens with one attached hydrogen (secondary N) is 2. The first kappa shape index (κ1) is 31.3. The summed E-state index contributed by atoms with van der Waals surface area (Å²) >= 11 is 0. The maximum Gasteiger partial charge on any atom is 0.408 e. The van der Waals surface area contributed by atoms with Gasteiger partial charge in [0.05, 0.1) is 7.11 Å². The Kier molecular flexibility index (Phi) is 10.7. The van der Waals surface area contributed by atoms with Crippen LogP contribution in [0.2, 0.25) is 0 Å². The lowest BCUT2D eigenvalue weighted by Crippen LogP contribution is -2.59. The van der Waals surface area contributed by atoms with Crippen molar-refractivity contribution in [2.24, 2.45) is 0 Å². The fourth-order valence-corrected chi connectivity index (χ4v) is 4.13. The lowest BCUT2D eigenvalue weighted by atomic mass is 9.92. The zero-order valence-electron chi connectivity index (χ0n) is 24.2. The van der Waals surface area contributed by atoms with Crippen molar-refractivity contribution in [3.63, 3.8) is 0 Å². The third-order valence-corrected chi connectivity index (χ3v) is 5.86. The lowest BCUT2D eigenvalue weighted by Gasteiger charge is -2.43. The third-order valence-electron chi connectivity index (χ3n) is 5.86. The zero-order valence-corrected chi connectivity index (χ0v) is 24.2. The Hall–Kier alpha value is -3.88. The second-order valence-corrected chi connectivity index (χ2v) is 11.3. The molecule has 2 aromatic carbocycles. The Morgan fingerprint density at radius 2 is 1.49 bits per heavy atom. The van der Waals surface area contributed by atoms with Gasteiger partial charge >= 0.3 is 12.1 Å². The van der Waals surface area contributed by atoms with Gasteiger partial charge in [-0.1, -0.05) is 54.6 Å². The summed E-state index contributed by atoms with van der Waals surface area (Å²) in [7, 11) is 1.23. The molecule has 0 aliphatic heterocycles. The van der Waals surface area contributed by atoms with Gasteiger partial charge in [0.25, 0.3) is 0 Å². The number of rotatable bonds is 9. The van der Waals surface area contributed by atoms with Crippen LogP contribution in [-0.4, -0.2) is 59.6 Å². The SMILES string of the molecule is COC(=O)CNC(=O)C(c1ccccc1C)N(C(=O)C(Cc1ccccc1)NC(=O)OC(C)(C)C)C(C)(C)C. The maximum absolute atomic E-state index is 14.4. The highest BCUT2D eigenvalue weighted by molar-refractivity contribution is 5.94. The molecule has 212 valence electrons. The van der Waals surface area contributed by atoms with E-state index >= 15 is 0 Å². The molecule has 0 aliphatic rings.